The fourth-order valence-electron chi connectivity index (χ4n) is 1.30. The number of carbonyl (C=O) groups is 1. The Morgan fingerprint density at radius 1 is 1.21 bits per heavy atom. The highest BCUT2D eigenvalue weighted by molar-refractivity contribution is 5.94. The van der Waals surface area contributed by atoms with Crippen molar-refractivity contribution in [3.8, 4) is 0 Å². The molecule has 76 valence electrons. The Bertz CT molecular complexity index is 312. The molecule has 0 bridgehead atoms. The molecule has 1 rings (SSSR count). The van der Waals surface area contributed by atoms with Crippen LogP contribution in [0.5, 0.6) is 0 Å². The number of rotatable bonds is 3. The number of ketones is 1. The van der Waals surface area contributed by atoms with Gasteiger partial charge in [-0.15, -0.1) is 0 Å². The highest BCUT2D eigenvalue weighted by atomic mass is 16.3. The summed E-state index contributed by atoms with van der Waals surface area (Å²) in [4.78, 5) is 11.0. The van der Waals surface area contributed by atoms with E-state index in [1.165, 1.54) is 0 Å². The van der Waals surface area contributed by atoms with Crippen molar-refractivity contribution < 1.29 is 9.90 Å². The number of hydrogen-bond donors (Lipinski definition) is 1. The van der Waals surface area contributed by atoms with Crippen molar-refractivity contribution in [2.45, 2.75) is 32.8 Å². The van der Waals surface area contributed by atoms with Crippen LogP contribution in [0.25, 0.3) is 0 Å². The minimum atomic E-state index is -0.363. The zero-order valence-corrected chi connectivity index (χ0v) is 8.82. The second kappa shape index (κ2) is 4.38. The second-order valence-electron chi connectivity index (χ2n) is 3.71. The average molecular weight is 192 g/mol. The zero-order valence-electron chi connectivity index (χ0n) is 8.82. The largest absolute Gasteiger partial charge is 0.393 e. The molecule has 0 heterocycles. The zero-order chi connectivity index (χ0) is 10.7. The van der Waals surface area contributed by atoms with E-state index in [0.29, 0.717) is 5.56 Å². The molecular weight excluding hydrogens is 176 g/mol. The molecule has 0 saturated heterocycles. The molecule has 0 aliphatic carbocycles. The Kier molecular flexibility index (Phi) is 3.42. The Morgan fingerprint density at radius 3 is 2.07 bits per heavy atom. The van der Waals surface area contributed by atoms with E-state index in [0.717, 1.165) is 5.56 Å². The Labute approximate surface area is 84.6 Å². The minimum absolute atomic E-state index is 0.0706. The lowest BCUT2D eigenvalue weighted by Crippen LogP contribution is -2.10. The van der Waals surface area contributed by atoms with E-state index < -0.39 is 0 Å². The Balaban J connectivity index is 2.88. The molecule has 14 heavy (non-hydrogen) atoms. The summed E-state index contributed by atoms with van der Waals surface area (Å²) in [6.45, 7) is 5.28. The summed E-state index contributed by atoms with van der Waals surface area (Å²) in [7, 11) is 0. The normalized spacial score (nSPS) is 14.9. The summed E-state index contributed by atoms with van der Waals surface area (Å²) in [5.74, 6) is 0.178. The molecule has 1 aromatic rings. The lowest BCUT2D eigenvalue weighted by Gasteiger charge is -2.14. The van der Waals surface area contributed by atoms with E-state index in [2.05, 4.69) is 0 Å². The van der Waals surface area contributed by atoms with Gasteiger partial charge in [-0.3, -0.25) is 4.79 Å². The van der Waals surface area contributed by atoms with Gasteiger partial charge in [-0.1, -0.05) is 31.2 Å². The van der Waals surface area contributed by atoms with Crippen LogP contribution in [0.15, 0.2) is 24.3 Å². The quantitative estimate of drug-likeness (QED) is 0.746. The van der Waals surface area contributed by atoms with E-state index >= 15 is 0 Å². The van der Waals surface area contributed by atoms with Crippen LogP contribution in [-0.4, -0.2) is 17.0 Å². The third kappa shape index (κ3) is 2.42. The third-order valence-corrected chi connectivity index (χ3v) is 2.57. The topological polar surface area (TPSA) is 37.3 Å². The van der Waals surface area contributed by atoms with Crippen LogP contribution in [0.4, 0.5) is 0 Å². The van der Waals surface area contributed by atoms with Crippen LogP contribution in [0.1, 0.15) is 42.6 Å². The highest BCUT2D eigenvalue weighted by Gasteiger charge is 2.11. The van der Waals surface area contributed by atoms with Gasteiger partial charge < -0.3 is 5.11 Å². The summed E-state index contributed by atoms with van der Waals surface area (Å²) >= 11 is 0. The molecule has 0 aliphatic rings. The molecule has 0 fully saturated rings. The molecule has 2 heteroatoms. The van der Waals surface area contributed by atoms with Gasteiger partial charge >= 0.3 is 0 Å². The van der Waals surface area contributed by atoms with E-state index in [1.54, 1.807) is 26.0 Å². The first kappa shape index (κ1) is 10.9. The predicted molar refractivity (Wildman–Crippen MR) is 56.5 cm³/mol. The lowest BCUT2D eigenvalue weighted by atomic mass is 9.95. The van der Waals surface area contributed by atoms with Crippen LogP contribution in [-0.2, 0) is 0 Å². The summed E-state index contributed by atoms with van der Waals surface area (Å²) in [5, 5.41) is 9.39. The summed E-state index contributed by atoms with van der Waals surface area (Å²) in [5.41, 5.74) is 1.77. The maximum Gasteiger partial charge on any atom is 0.159 e. The van der Waals surface area contributed by atoms with Crippen molar-refractivity contribution in [1.82, 2.24) is 0 Å². The average Bonchev–Trinajstić information content (AvgIpc) is 2.16. The van der Waals surface area contributed by atoms with Crippen LogP contribution in [0, 0.1) is 0 Å². The van der Waals surface area contributed by atoms with Crippen LogP contribution in [0.2, 0.25) is 0 Å². The molecule has 2 atom stereocenters. The van der Waals surface area contributed by atoms with Gasteiger partial charge in [0.2, 0.25) is 0 Å². The molecule has 1 N–H and O–H groups in total. The third-order valence-electron chi connectivity index (χ3n) is 2.57. The van der Waals surface area contributed by atoms with Crippen LogP contribution in [0.3, 0.4) is 0 Å². The molecule has 0 aromatic heterocycles. The number of hydrogen-bond acceptors (Lipinski definition) is 2. The van der Waals surface area contributed by atoms with E-state index in [4.69, 9.17) is 0 Å². The second-order valence-corrected chi connectivity index (χ2v) is 3.71. The molecule has 0 spiro atoms. The number of benzene rings is 1. The van der Waals surface area contributed by atoms with Gasteiger partial charge in [-0.2, -0.15) is 0 Å². The Hall–Kier alpha value is -1.15. The Morgan fingerprint density at radius 2 is 1.71 bits per heavy atom. The van der Waals surface area contributed by atoms with Gasteiger partial charge in [0.05, 0.1) is 6.10 Å². The first-order chi connectivity index (χ1) is 6.52. The fraction of sp³-hybridized carbons (Fsp3) is 0.417. The van der Waals surface area contributed by atoms with Gasteiger partial charge in [0.15, 0.2) is 5.78 Å². The van der Waals surface area contributed by atoms with E-state index in [1.807, 2.05) is 19.1 Å². The molecular formula is C12H16O2. The maximum absolute atomic E-state index is 11.0. The van der Waals surface area contributed by atoms with Gasteiger partial charge in [0.25, 0.3) is 0 Å². The molecule has 2 nitrogen and oxygen atoms in total. The molecule has 0 radical (unpaired) electrons. The van der Waals surface area contributed by atoms with E-state index in [9.17, 15) is 9.90 Å². The van der Waals surface area contributed by atoms with Crippen molar-refractivity contribution in [3.63, 3.8) is 0 Å². The van der Waals surface area contributed by atoms with E-state index in [-0.39, 0.29) is 17.8 Å². The van der Waals surface area contributed by atoms with Crippen molar-refractivity contribution in [2.24, 2.45) is 0 Å². The molecule has 0 aliphatic heterocycles. The highest BCUT2D eigenvalue weighted by Crippen LogP contribution is 2.19. The summed E-state index contributed by atoms with van der Waals surface area (Å²) in [6.07, 6.45) is -0.363. The van der Waals surface area contributed by atoms with Gasteiger partial charge in [0, 0.05) is 11.5 Å². The summed E-state index contributed by atoms with van der Waals surface area (Å²) < 4.78 is 0. The first-order valence-corrected chi connectivity index (χ1v) is 4.81. The SMILES string of the molecule is CC(=O)c1ccc(C(C)C(C)O)cc1. The minimum Gasteiger partial charge on any atom is -0.393 e. The van der Waals surface area contributed by atoms with Crippen molar-refractivity contribution in [1.29, 1.82) is 0 Å². The number of carbonyl (C=O) groups excluding carboxylic acids is 1. The number of aliphatic hydroxyl groups is 1. The number of aliphatic hydroxyl groups excluding tert-OH is 1. The molecule has 1 aromatic carbocycles. The van der Waals surface area contributed by atoms with Crippen molar-refractivity contribution in [3.05, 3.63) is 35.4 Å². The molecule has 0 amide bonds. The number of Topliss-reactive ketones (excluding diaryl/α,β-unsaturated/α-hetero) is 1. The van der Waals surface area contributed by atoms with Crippen LogP contribution >= 0.6 is 0 Å². The van der Waals surface area contributed by atoms with Crippen LogP contribution < -0.4 is 0 Å². The maximum atomic E-state index is 11.0. The first-order valence-electron chi connectivity index (χ1n) is 4.81. The standard InChI is InChI=1S/C12H16O2/c1-8(9(2)13)11-4-6-12(7-5-11)10(3)14/h4-9,13H,1-3H3. The van der Waals surface area contributed by atoms with Crippen molar-refractivity contribution >= 4 is 5.78 Å². The fourth-order valence-corrected chi connectivity index (χ4v) is 1.30. The summed E-state index contributed by atoms with van der Waals surface area (Å²) in [6, 6.07) is 7.40. The van der Waals surface area contributed by atoms with Crippen molar-refractivity contribution in [2.75, 3.05) is 0 Å². The van der Waals surface area contributed by atoms with Gasteiger partial charge in [-0.25, -0.2) is 0 Å². The van der Waals surface area contributed by atoms with Gasteiger partial charge in [-0.05, 0) is 19.4 Å². The smallest absolute Gasteiger partial charge is 0.159 e. The molecule has 0 saturated carbocycles. The lowest BCUT2D eigenvalue weighted by molar-refractivity contribution is 0.101. The van der Waals surface area contributed by atoms with Gasteiger partial charge in [0.1, 0.15) is 0 Å². The monoisotopic (exact) mass is 192 g/mol. The molecule has 2 unspecified atom stereocenters. The predicted octanol–water partition coefficient (Wildman–Crippen LogP) is 2.37.